The molecule has 1 aromatic heterocycles. The van der Waals surface area contributed by atoms with Crippen LogP contribution in [0.25, 0.3) is 0 Å². The lowest BCUT2D eigenvalue weighted by atomic mass is 10.3. The molecule has 0 aromatic carbocycles. The highest BCUT2D eigenvalue weighted by Crippen LogP contribution is 2.27. The van der Waals surface area contributed by atoms with Gasteiger partial charge in [0.15, 0.2) is 10.0 Å². The highest BCUT2D eigenvalue weighted by atomic mass is 32.2. The van der Waals surface area contributed by atoms with Gasteiger partial charge in [-0.2, -0.15) is 10.5 Å². The molecule has 7 heteroatoms. The molecule has 1 aromatic rings. The Labute approximate surface area is 100 Å². The van der Waals surface area contributed by atoms with Gasteiger partial charge in [0.25, 0.3) is 0 Å². The molecule has 0 amide bonds. The molecule has 5 nitrogen and oxygen atoms in total. The zero-order valence-electron chi connectivity index (χ0n) is 8.13. The summed E-state index contributed by atoms with van der Waals surface area (Å²) in [4.78, 5) is 14.5. The Morgan fingerprint density at radius 1 is 1.50 bits per heavy atom. The zero-order chi connectivity index (χ0) is 12.0. The predicted molar refractivity (Wildman–Crippen MR) is 59.1 cm³/mol. The molecule has 0 atom stereocenters. The van der Waals surface area contributed by atoms with Crippen LogP contribution in [0.5, 0.6) is 0 Å². The second-order valence-corrected chi connectivity index (χ2v) is 5.07. The van der Waals surface area contributed by atoms with Crippen molar-refractivity contribution in [2.24, 2.45) is 0 Å². The van der Waals surface area contributed by atoms with Gasteiger partial charge in [0.2, 0.25) is 0 Å². The molecule has 0 spiro atoms. The van der Waals surface area contributed by atoms with Crippen LogP contribution < -0.4 is 0 Å². The van der Waals surface area contributed by atoms with E-state index in [2.05, 4.69) is 4.98 Å². The van der Waals surface area contributed by atoms with Gasteiger partial charge >= 0.3 is 5.97 Å². The van der Waals surface area contributed by atoms with Crippen molar-refractivity contribution in [3.05, 3.63) is 10.6 Å². The Bertz CT molecular complexity index is 439. The van der Waals surface area contributed by atoms with E-state index in [1.807, 2.05) is 12.1 Å². The second-order valence-electron chi connectivity index (χ2n) is 2.73. The molecule has 16 heavy (non-hydrogen) atoms. The van der Waals surface area contributed by atoms with E-state index in [-0.39, 0.29) is 12.1 Å². The third-order valence-corrected chi connectivity index (χ3v) is 3.76. The lowest BCUT2D eigenvalue weighted by molar-refractivity contribution is -0.137. The summed E-state index contributed by atoms with van der Waals surface area (Å²) in [7, 11) is 0. The number of thioether (sulfide) groups is 1. The van der Waals surface area contributed by atoms with Gasteiger partial charge in [-0.1, -0.05) is 23.1 Å². The maximum atomic E-state index is 10.3. The van der Waals surface area contributed by atoms with Gasteiger partial charge in [-0.3, -0.25) is 4.79 Å². The number of thiazole rings is 1. The van der Waals surface area contributed by atoms with E-state index in [0.717, 1.165) is 11.3 Å². The average molecular weight is 253 g/mol. The van der Waals surface area contributed by atoms with E-state index >= 15 is 0 Å². The van der Waals surface area contributed by atoms with Crippen molar-refractivity contribution in [3.63, 3.8) is 0 Å². The van der Waals surface area contributed by atoms with Gasteiger partial charge in [0, 0.05) is 12.2 Å². The first-order valence-electron chi connectivity index (χ1n) is 4.33. The Kier molecular flexibility index (Phi) is 4.77. The lowest BCUT2D eigenvalue weighted by Gasteiger charge is -1.94. The van der Waals surface area contributed by atoms with E-state index in [0.29, 0.717) is 21.4 Å². The fraction of sp³-hybridized carbons (Fsp3) is 0.333. The number of aliphatic carboxylic acids is 1. The quantitative estimate of drug-likeness (QED) is 0.635. The zero-order valence-corrected chi connectivity index (χ0v) is 9.77. The summed E-state index contributed by atoms with van der Waals surface area (Å²) in [6.45, 7) is 0. The van der Waals surface area contributed by atoms with Crippen molar-refractivity contribution in [1.29, 1.82) is 10.5 Å². The maximum absolute atomic E-state index is 10.3. The Hall–Kier alpha value is -1.57. The molecule has 0 saturated heterocycles. The highest BCUT2D eigenvalue weighted by molar-refractivity contribution is 8.01. The summed E-state index contributed by atoms with van der Waals surface area (Å²) in [5.41, 5.74) is 0.147. The van der Waals surface area contributed by atoms with Gasteiger partial charge in [-0.25, -0.2) is 4.98 Å². The van der Waals surface area contributed by atoms with Crippen LogP contribution in [0.4, 0.5) is 0 Å². The number of hydrogen-bond acceptors (Lipinski definition) is 6. The molecule has 1 heterocycles. The summed E-state index contributed by atoms with van der Waals surface area (Å²) >= 11 is 2.53. The average Bonchev–Trinajstić information content (AvgIpc) is 2.66. The minimum absolute atomic E-state index is 0.120. The van der Waals surface area contributed by atoms with E-state index in [1.54, 1.807) is 0 Å². The molecule has 0 aliphatic carbocycles. The molecule has 0 bridgehead atoms. The molecular formula is C9H7N3O2S2. The summed E-state index contributed by atoms with van der Waals surface area (Å²) < 4.78 is 0.637. The van der Waals surface area contributed by atoms with Crippen molar-refractivity contribution in [3.8, 4) is 12.1 Å². The standard InChI is InChI=1S/C9H7N3O2S2/c10-4-6-7(5-11)16-9(12-6)15-3-1-2-8(13)14/h1-3H2,(H,13,14). The molecule has 1 rings (SSSR count). The smallest absolute Gasteiger partial charge is 0.303 e. The minimum atomic E-state index is -0.824. The molecule has 0 unspecified atom stereocenters. The normalized spacial score (nSPS) is 9.38. The first-order chi connectivity index (χ1) is 7.67. The Morgan fingerprint density at radius 3 is 2.75 bits per heavy atom. The van der Waals surface area contributed by atoms with Gasteiger partial charge in [-0.05, 0) is 6.42 Å². The number of carboxylic acid groups (broad SMARTS) is 1. The number of carboxylic acids is 1. The van der Waals surface area contributed by atoms with Crippen LogP contribution in [-0.4, -0.2) is 21.8 Å². The SMILES string of the molecule is N#Cc1nc(SCCCC(=O)O)sc1C#N. The summed E-state index contributed by atoms with van der Waals surface area (Å²) in [5, 5.41) is 25.8. The first kappa shape index (κ1) is 12.5. The fourth-order valence-corrected chi connectivity index (χ4v) is 2.80. The van der Waals surface area contributed by atoms with E-state index in [9.17, 15) is 4.79 Å². The molecule has 1 N–H and O–H groups in total. The largest absolute Gasteiger partial charge is 0.481 e. The molecule has 0 aliphatic rings. The maximum Gasteiger partial charge on any atom is 0.303 e. The summed E-state index contributed by atoms with van der Waals surface area (Å²) in [6.07, 6.45) is 0.665. The summed E-state index contributed by atoms with van der Waals surface area (Å²) in [5.74, 6) is -0.203. The van der Waals surface area contributed by atoms with E-state index in [4.69, 9.17) is 15.6 Å². The van der Waals surface area contributed by atoms with E-state index < -0.39 is 5.97 Å². The molecule has 82 valence electrons. The third kappa shape index (κ3) is 3.54. The number of aromatic nitrogens is 1. The van der Waals surface area contributed by atoms with Gasteiger partial charge in [0.1, 0.15) is 17.0 Å². The molecular weight excluding hydrogens is 246 g/mol. The van der Waals surface area contributed by atoms with Crippen LogP contribution in [0.1, 0.15) is 23.4 Å². The Morgan fingerprint density at radius 2 is 2.25 bits per heavy atom. The molecule has 0 radical (unpaired) electrons. The van der Waals surface area contributed by atoms with Gasteiger partial charge < -0.3 is 5.11 Å². The number of hydrogen-bond donors (Lipinski definition) is 1. The predicted octanol–water partition coefficient (Wildman–Crippen LogP) is 1.84. The monoisotopic (exact) mass is 253 g/mol. The number of nitrogens with zero attached hydrogens (tertiary/aromatic N) is 3. The third-order valence-electron chi connectivity index (χ3n) is 1.58. The van der Waals surface area contributed by atoms with Crippen molar-refractivity contribution in [1.82, 2.24) is 4.98 Å². The molecule has 0 saturated carbocycles. The van der Waals surface area contributed by atoms with Crippen LogP contribution >= 0.6 is 23.1 Å². The van der Waals surface area contributed by atoms with Crippen LogP contribution in [0, 0.1) is 22.7 Å². The number of nitriles is 2. The second kappa shape index (κ2) is 6.11. The van der Waals surface area contributed by atoms with Crippen molar-refractivity contribution >= 4 is 29.1 Å². The van der Waals surface area contributed by atoms with Crippen LogP contribution in [-0.2, 0) is 4.79 Å². The summed E-state index contributed by atoms with van der Waals surface area (Å²) in [6, 6.07) is 3.75. The minimum Gasteiger partial charge on any atom is -0.481 e. The lowest BCUT2D eigenvalue weighted by Crippen LogP contribution is -1.94. The first-order valence-corrected chi connectivity index (χ1v) is 6.13. The highest BCUT2D eigenvalue weighted by Gasteiger charge is 2.10. The van der Waals surface area contributed by atoms with Crippen LogP contribution in [0.15, 0.2) is 4.34 Å². The topological polar surface area (TPSA) is 97.8 Å². The Balaban J connectivity index is 2.50. The fourth-order valence-electron chi connectivity index (χ4n) is 0.897. The molecule has 0 aliphatic heterocycles. The van der Waals surface area contributed by atoms with Gasteiger partial charge in [-0.15, -0.1) is 0 Å². The van der Waals surface area contributed by atoms with Crippen LogP contribution in [0.3, 0.4) is 0 Å². The van der Waals surface area contributed by atoms with Crippen molar-refractivity contribution in [2.45, 2.75) is 17.2 Å². The van der Waals surface area contributed by atoms with E-state index in [1.165, 1.54) is 11.8 Å². The molecule has 0 fully saturated rings. The number of rotatable bonds is 5. The number of carbonyl (C=O) groups is 1. The van der Waals surface area contributed by atoms with Crippen LogP contribution in [0.2, 0.25) is 0 Å². The van der Waals surface area contributed by atoms with Crippen molar-refractivity contribution in [2.75, 3.05) is 5.75 Å². The van der Waals surface area contributed by atoms with Crippen molar-refractivity contribution < 1.29 is 9.90 Å². The van der Waals surface area contributed by atoms with Gasteiger partial charge in [0.05, 0.1) is 0 Å².